The number of nitrogens with one attached hydrogen (secondary N) is 1. The highest BCUT2D eigenvalue weighted by atomic mass is 35.5. The Kier molecular flexibility index (Phi) is 12.2. The first kappa shape index (κ1) is 35.4. The number of piperazine rings is 1. The molecule has 1 saturated carbocycles. The Morgan fingerprint density at radius 1 is 1.11 bits per heavy atom. The first-order chi connectivity index (χ1) is 21.5. The highest BCUT2D eigenvalue weighted by Crippen LogP contribution is 2.41. The molecule has 0 spiro atoms. The average molecular weight is 674 g/mol. The van der Waals surface area contributed by atoms with Gasteiger partial charge in [0.1, 0.15) is 11.4 Å². The Morgan fingerprint density at radius 2 is 1.91 bits per heavy atom. The van der Waals surface area contributed by atoms with Crippen LogP contribution in [0.2, 0.25) is 0 Å². The van der Waals surface area contributed by atoms with Gasteiger partial charge in [-0.15, -0.1) is 35.0 Å². The van der Waals surface area contributed by atoms with Crippen LogP contribution in [0.15, 0.2) is 65.3 Å². The maximum atomic E-state index is 14.3. The van der Waals surface area contributed by atoms with Crippen LogP contribution in [0.25, 0.3) is 22.7 Å². The molecule has 0 unspecified atom stereocenters. The molecule has 1 aliphatic carbocycles. The second-order valence-corrected chi connectivity index (χ2v) is 11.7. The Labute approximate surface area is 281 Å². The van der Waals surface area contributed by atoms with Crippen LogP contribution in [0, 0.1) is 6.92 Å². The third-order valence-corrected chi connectivity index (χ3v) is 8.67. The fraction of sp³-hybridized carbons (Fsp3) is 0.455. The molecule has 2 aromatic carbocycles. The molecule has 2 N–H and O–H groups in total. The number of imidazole rings is 1. The average Bonchev–Trinajstić information content (AvgIpc) is 3.68. The van der Waals surface area contributed by atoms with Gasteiger partial charge < -0.3 is 33.8 Å². The second-order valence-electron chi connectivity index (χ2n) is 11.7. The lowest BCUT2D eigenvalue weighted by atomic mass is 9.80. The van der Waals surface area contributed by atoms with Gasteiger partial charge in [0.25, 0.3) is 5.91 Å². The van der Waals surface area contributed by atoms with Crippen LogP contribution < -0.4 is 10.1 Å². The van der Waals surface area contributed by atoms with Gasteiger partial charge in [0.05, 0.1) is 31.3 Å². The van der Waals surface area contributed by atoms with Crippen LogP contribution in [0.1, 0.15) is 54.5 Å². The molecule has 3 atom stereocenters. The zero-order valence-electron chi connectivity index (χ0n) is 26.1. The number of hydrogen-bond acceptors (Lipinski definition) is 9. The van der Waals surface area contributed by atoms with Crippen LogP contribution in [0.5, 0.6) is 5.75 Å². The normalized spacial score (nSPS) is 21.2. The van der Waals surface area contributed by atoms with Crippen molar-refractivity contribution in [3.05, 3.63) is 72.5 Å². The summed E-state index contributed by atoms with van der Waals surface area (Å²) in [5, 5.41) is 23.1. The Bertz CT molecular complexity index is 1560. The Morgan fingerprint density at radius 3 is 2.67 bits per heavy atom. The maximum absolute atomic E-state index is 14.3. The van der Waals surface area contributed by atoms with E-state index in [2.05, 4.69) is 15.5 Å². The summed E-state index contributed by atoms with van der Waals surface area (Å²) in [5.74, 6) is 1.53. The van der Waals surface area contributed by atoms with E-state index < -0.39 is 5.60 Å². The number of carbonyl (C=O) groups excluding carboxylic acids is 1. The molecule has 248 valence electrons. The largest absolute Gasteiger partial charge is 0.493 e. The summed E-state index contributed by atoms with van der Waals surface area (Å²) in [4.78, 5) is 20.9. The van der Waals surface area contributed by atoms with Crippen molar-refractivity contribution in [3.8, 4) is 28.5 Å². The first-order valence-electron chi connectivity index (χ1n) is 15.4. The standard InChI is InChI=1S/C33H40N6O5.2ClH/c1-23-36-37-31(44-23)25-11-8-12-27(19-25)43-18-14-26-20-34-16-17-38(26)32(40)29-30(24-9-4-3-5-10-24)39(22-35-29)28-13-6-7-15-33(28,41)21-42-2;;/h3-5,8-12,19,22,26,28,34,41H,6-7,13-18,20-21H2,1-2H3;2*1H/t26-,28-,33-;;/m1../s1. The van der Waals surface area contributed by atoms with Gasteiger partial charge >= 0.3 is 0 Å². The van der Waals surface area contributed by atoms with Crippen molar-refractivity contribution in [2.75, 3.05) is 40.0 Å². The molecule has 0 bridgehead atoms. The van der Waals surface area contributed by atoms with Gasteiger partial charge in [0.2, 0.25) is 11.8 Å². The van der Waals surface area contributed by atoms with Crippen LogP contribution >= 0.6 is 24.8 Å². The SMILES string of the molecule is COC[C@]1(O)CCCC[C@H]1n1cnc(C(=O)N2CCNC[C@H]2CCOc2cccc(-c3nnc(C)o3)c2)c1-c1ccccc1.Cl.Cl. The summed E-state index contributed by atoms with van der Waals surface area (Å²) in [7, 11) is 1.62. The van der Waals surface area contributed by atoms with E-state index >= 15 is 0 Å². The van der Waals surface area contributed by atoms with E-state index in [4.69, 9.17) is 18.9 Å². The van der Waals surface area contributed by atoms with E-state index in [1.54, 1.807) is 20.4 Å². The predicted octanol–water partition coefficient (Wildman–Crippen LogP) is 5.13. The van der Waals surface area contributed by atoms with Crippen molar-refractivity contribution in [1.82, 2.24) is 30.0 Å². The minimum absolute atomic E-state index is 0. The summed E-state index contributed by atoms with van der Waals surface area (Å²) in [6, 6.07) is 17.1. The van der Waals surface area contributed by atoms with E-state index in [1.807, 2.05) is 64.1 Å². The van der Waals surface area contributed by atoms with Crippen LogP contribution in [0.3, 0.4) is 0 Å². The minimum atomic E-state index is -1.04. The summed E-state index contributed by atoms with van der Waals surface area (Å²) in [5.41, 5.74) is 1.78. The topological polar surface area (TPSA) is 128 Å². The summed E-state index contributed by atoms with van der Waals surface area (Å²) in [6.45, 7) is 4.33. The molecule has 2 aromatic heterocycles. The van der Waals surface area contributed by atoms with Gasteiger partial charge in [-0.05, 0) is 31.0 Å². The number of carbonyl (C=O) groups is 1. The van der Waals surface area contributed by atoms with Gasteiger partial charge in [0.15, 0.2) is 5.69 Å². The molecular formula is C33H42Cl2N6O5. The molecule has 6 rings (SSSR count). The Hall–Kier alpha value is -3.48. The van der Waals surface area contributed by atoms with Gasteiger partial charge in [-0.3, -0.25) is 4.79 Å². The van der Waals surface area contributed by atoms with Gasteiger partial charge in [-0.1, -0.05) is 49.2 Å². The second kappa shape index (κ2) is 15.9. The molecule has 2 aliphatic rings. The third kappa shape index (κ3) is 7.56. The molecule has 3 heterocycles. The molecule has 13 heteroatoms. The highest BCUT2D eigenvalue weighted by molar-refractivity contribution is 5.98. The third-order valence-electron chi connectivity index (χ3n) is 8.67. The van der Waals surface area contributed by atoms with Crippen molar-refractivity contribution in [1.29, 1.82) is 0 Å². The zero-order chi connectivity index (χ0) is 30.5. The molecule has 1 aliphatic heterocycles. The number of benzene rings is 2. The van der Waals surface area contributed by atoms with Crippen molar-refractivity contribution < 1.29 is 23.8 Å². The molecular weight excluding hydrogens is 631 g/mol. The lowest BCUT2D eigenvalue weighted by molar-refractivity contribution is -0.0893. The number of halogens is 2. The number of aromatic nitrogens is 4. The highest BCUT2D eigenvalue weighted by Gasteiger charge is 2.42. The number of amides is 1. The van der Waals surface area contributed by atoms with Crippen molar-refractivity contribution in [3.63, 3.8) is 0 Å². The van der Waals surface area contributed by atoms with Crippen molar-refractivity contribution >= 4 is 30.7 Å². The minimum Gasteiger partial charge on any atom is -0.493 e. The molecule has 1 saturated heterocycles. The summed E-state index contributed by atoms with van der Waals surface area (Å²) >= 11 is 0. The number of aryl methyl sites for hydroxylation is 1. The monoisotopic (exact) mass is 672 g/mol. The van der Waals surface area contributed by atoms with Gasteiger partial charge in [-0.2, -0.15) is 0 Å². The van der Waals surface area contributed by atoms with E-state index in [0.29, 0.717) is 62.3 Å². The van der Waals surface area contributed by atoms with Crippen LogP contribution in [0.4, 0.5) is 0 Å². The Balaban J connectivity index is 0.00000240. The number of ether oxygens (including phenoxy) is 2. The summed E-state index contributed by atoms with van der Waals surface area (Å²) < 4.78 is 19.1. The van der Waals surface area contributed by atoms with Crippen LogP contribution in [-0.2, 0) is 4.74 Å². The van der Waals surface area contributed by atoms with Crippen molar-refractivity contribution in [2.24, 2.45) is 0 Å². The number of aliphatic hydroxyl groups is 1. The van der Waals surface area contributed by atoms with E-state index in [9.17, 15) is 9.90 Å². The van der Waals surface area contributed by atoms with Gasteiger partial charge in [-0.25, -0.2) is 4.98 Å². The predicted molar refractivity (Wildman–Crippen MR) is 179 cm³/mol. The molecule has 11 nitrogen and oxygen atoms in total. The number of rotatable bonds is 10. The first-order valence-corrected chi connectivity index (χ1v) is 15.4. The van der Waals surface area contributed by atoms with E-state index in [0.717, 1.165) is 36.1 Å². The lowest BCUT2D eigenvalue weighted by Gasteiger charge is -2.41. The van der Waals surface area contributed by atoms with Gasteiger partial charge in [0, 0.05) is 57.3 Å². The zero-order valence-corrected chi connectivity index (χ0v) is 27.8. The fourth-order valence-corrected chi connectivity index (χ4v) is 6.52. The van der Waals surface area contributed by atoms with Crippen molar-refractivity contribution in [2.45, 2.75) is 56.7 Å². The fourth-order valence-electron chi connectivity index (χ4n) is 6.52. The molecule has 0 radical (unpaired) electrons. The number of nitrogens with zero attached hydrogens (tertiary/aromatic N) is 5. The maximum Gasteiger partial charge on any atom is 0.275 e. The van der Waals surface area contributed by atoms with E-state index in [-0.39, 0.29) is 49.4 Å². The molecule has 2 fully saturated rings. The number of hydrogen-bond donors (Lipinski definition) is 2. The number of methoxy groups -OCH3 is 1. The van der Waals surface area contributed by atoms with Crippen LogP contribution in [-0.4, -0.2) is 87.3 Å². The quantitative estimate of drug-likeness (QED) is 0.236. The molecule has 46 heavy (non-hydrogen) atoms. The molecule has 1 amide bonds. The lowest BCUT2D eigenvalue weighted by Crippen LogP contribution is -2.54. The summed E-state index contributed by atoms with van der Waals surface area (Å²) in [6.07, 6.45) is 5.71. The smallest absolute Gasteiger partial charge is 0.275 e. The van der Waals surface area contributed by atoms with E-state index in [1.165, 1.54) is 0 Å². The molecule has 4 aromatic rings.